The first-order valence-electron chi connectivity index (χ1n) is 12.2. The van der Waals surface area contributed by atoms with Crippen LogP contribution in [0.1, 0.15) is 40.0 Å². The van der Waals surface area contributed by atoms with Gasteiger partial charge in [-0.2, -0.15) is 0 Å². The van der Waals surface area contributed by atoms with Crippen molar-refractivity contribution in [3.8, 4) is 23.0 Å². The van der Waals surface area contributed by atoms with Crippen LogP contribution in [0, 0.1) is 0 Å². The third kappa shape index (κ3) is 5.48. The number of ether oxygens (including phenoxy) is 4. The molecule has 0 spiro atoms. The van der Waals surface area contributed by atoms with E-state index >= 15 is 0 Å². The lowest BCUT2D eigenvalue weighted by atomic mass is 10.0. The van der Waals surface area contributed by atoms with Gasteiger partial charge in [0.2, 0.25) is 5.91 Å². The van der Waals surface area contributed by atoms with E-state index in [9.17, 15) is 9.59 Å². The number of benzene rings is 3. The van der Waals surface area contributed by atoms with Crippen LogP contribution in [-0.2, 0) is 17.8 Å². The second-order valence-corrected chi connectivity index (χ2v) is 8.57. The highest BCUT2D eigenvalue weighted by Gasteiger charge is 2.40. The van der Waals surface area contributed by atoms with Gasteiger partial charge in [-0.1, -0.05) is 30.3 Å². The molecule has 0 saturated carbocycles. The van der Waals surface area contributed by atoms with Gasteiger partial charge in [0, 0.05) is 18.7 Å². The topological polar surface area (TPSA) is 86.3 Å². The summed E-state index contributed by atoms with van der Waals surface area (Å²) < 4.78 is 21.7. The van der Waals surface area contributed by atoms with Gasteiger partial charge in [0.25, 0.3) is 5.91 Å². The minimum absolute atomic E-state index is 0.177. The van der Waals surface area contributed by atoms with Gasteiger partial charge in [0.15, 0.2) is 23.0 Å². The van der Waals surface area contributed by atoms with Crippen LogP contribution in [0.5, 0.6) is 23.0 Å². The fourth-order valence-corrected chi connectivity index (χ4v) is 4.56. The van der Waals surface area contributed by atoms with Crippen molar-refractivity contribution in [2.24, 2.45) is 0 Å². The van der Waals surface area contributed by atoms with Crippen molar-refractivity contribution in [2.75, 3.05) is 34.5 Å². The highest BCUT2D eigenvalue weighted by Crippen LogP contribution is 2.36. The van der Waals surface area contributed by atoms with Crippen LogP contribution in [-0.4, -0.2) is 51.2 Å². The summed E-state index contributed by atoms with van der Waals surface area (Å²) in [5, 5.41) is 3.02. The van der Waals surface area contributed by atoms with Crippen LogP contribution in [0.4, 0.5) is 0 Å². The van der Waals surface area contributed by atoms with Crippen molar-refractivity contribution in [3.05, 3.63) is 82.9 Å². The zero-order valence-electron chi connectivity index (χ0n) is 21.6. The number of carbonyl (C=O) groups excluding carboxylic acids is 2. The van der Waals surface area contributed by atoms with Crippen LogP contribution in [0.3, 0.4) is 0 Å². The van der Waals surface area contributed by atoms with Gasteiger partial charge >= 0.3 is 0 Å². The number of hydrogen-bond acceptors (Lipinski definition) is 6. The molecule has 1 aliphatic heterocycles. The molecule has 0 radical (unpaired) electrons. The number of nitrogens with zero attached hydrogens (tertiary/aromatic N) is 1. The minimum atomic E-state index is -0.730. The summed E-state index contributed by atoms with van der Waals surface area (Å²) in [5.41, 5.74) is 3.08. The largest absolute Gasteiger partial charge is 0.493 e. The molecule has 194 valence electrons. The molecule has 2 amide bonds. The zero-order chi connectivity index (χ0) is 26.4. The monoisotopic (exact) mass is 504 g/mol. The Balaban J connectivity index is 1.51. The van der Waals surface area contributed by atoms with Crippen LogP contribution in [0.2, 0.25) is 0 Å². The molecule has 0 aliphatic carbocycles. The highest BCUT2D eigenvalue weighted by atomic mass is 16.5. The average molecular weight is 505 g/mol. The molecular weight excluding hydrogens is 472 g/mol. The molecule has 3 aromatic rings. The Morgan fingerprint density at radius 3 is 2.24 bits per heavy atom. The predicted molar refractivity (Wildman–Crippen MR) is 139 cm³/mol. The second-order valence-electron chi connectivity index (χ2n) is 8.57. The number of nitrogens with one attached hydrogen (secondary N) is 1. The van der Waals surface area contributed by atoms with Gasteiger partial charge in [0.1, 0.15) is 6.04 Å². The standard InChI is InChI=1S/C29H32N2O6/c1-5-37-24-13-11-20(17-26(24)36-4)18-31-27(21-8-6-7-9-22(21)29(31)33)28(32)30-15-14-19-10-12-23(34-2)25(16-19)35-3/h6-13,16-17,27H,5,14-15,18H2,1-4H3,(H,30,32)/t27-/m1/s1. The number of methoxy groups -OCH3 is 3. The van der Waals surface area contributed by atoms with Gasteiger partial charge in [-0.15, -0.1) is 0 Å². The number of fused-ring (bicyclic) bond motifs is 1. The molecule has 3 aromatic carbocycles. The number of rotatable bonds is 11. The lowest BCUT2D eigenvalue weighted by molar-refractivity contribution is -0.125. The molecule has 1 heterocycles. The molecule has 0 saturated heterocycles. The Morgan fingerprint density at radius 1 is 0.865 bits per heavy atom. The molecule has 1 aliphatic rings. The molecule has 1 atom stereocenters. The third-order valence-electron chi connectivity index (χ3n) is 6.35. The van der Waals surface area contributed by atoms with E-state index in [2.05, 4.69) is 5.32 Å². The molecule has 0 aromatic heterocycles. The molecule has 37 heavy (non-hydrogen) atoms. The van der Waals surface area contributed by atoms with Crippen molar-refractivity contribution >= 4 is 11.8 Å². The van der Waals surface area contributed by atoms with E-state index in [4.69, 9.17) is 18.9 Å². The summed E-state index contributed by atoms with van der Waals surface area (Å²) in [4.78, 5) is 28.4. The van der Waals surface area contributed by atoms with E-state index in [1.807, 2.05) is 61.5 Å². The molecule has 1 N–H and O–H groups in total. The van der Waals surface area contributed by atoms with Crippen molar-refractivity contribution in [2.45, 2.75) is 25.9 Å². The van der Waals surface area contributed by atoms with E-state index in [1.54, 1.807) is 32.3 Å². The van der Waals surface area contributed by atoms with E-state index in [0.717, 1.165) is 11.1 Å². The maximum atomic E-state index is 13.4. The van der Waals surface area contributed by atoms with Crippen LogP contribution < -0.4 is 24.3 Å². The minimum Gasteiger partial charge on any atom is -0.493 e. The smallest absolute Gasteiger partial charge is 0.255 e. The first-order chi connectivity index (χ1) is 18.0. The fraction of sp³-hybridized carbons (Fsp3) is 0.310. The lowest BCUT2D eigenvalue weighted by Gasteiger charge is -2.25. The molecular formula is C29H32N2O6. The Bertz CT molecular complexity index is 1280. The van der Waals surface area contributed by atoms with Crippen molar-refractivity contribution < 1.29 is 28.5 Å². The highest BCUT2D eigenvalue weighted by molar-refractivity contribution is 6.04. The summed E-state index contributed by atoms with van der Waals surface area (Å²) in [6.45, 7) is 3.08. The van der Waals surface area contributed by atoms with E-state index in [0.29, 0.717) is 53.7 Å². The Labute approximate surface area is 217 Å². The molecule has 0 fully saturated rings. The normalized spacial score (nSPS) is 14.2. The molecule has 8 heteroatoms. The summed E-state index contributed by atoms with van der Waals surface area (Å²) >= 11 is 0. The van der Waals surface area contributed by atoms with Gasteiger partial charge in [0.05, 0.1) is 27.9 Å². The van der Waals surface area contributed by atoms with Gasteiger partial charge in [-0.25, -0.2) is 0 Å². The van der Waals surface area contributed by atoms with Crippen molar-refractivity contribution in [1.29, 1.82) is 0 Å². The van der Waals surface area contributed by atoms with E-state index in [-0.39, 0.29) is 18.4 Å². The summed E-state index contributed by atoms with van der Waals surface area (Å²) in [6, 6.07) is 17.8. The number of amides is 2. The van der Waals surface area contributed by atoms with Gasteiger partial charge < -0.3 is 29.2 Å². The van der Waals surface area contributed by atoms with E-state index < -0.39 is 6.04 Å². The molecule has 0 bridgehead atoms. The average Bonchev–Trinajstić information content (AvgIpc) is 3.20. The van der Waals surface area contributed by atoms with Gasteiger partial charge in [-0.3, -0.25) is 9.59 Å². The van der Waals surface area contributed by atoms with E-state index in [1.165, 1.54) is 0 Å². The molecule has 0 unspecified atom stereocenters. The molecule has 8 nitrogen and oxygen atoms in total. The third-order valence-corrected chi connectivity index (χ3v) is 6.35. The first kappa shape index (κ1) is 25.9. The van der Waals surface area contributed by atoms with Crippen LogP contribution >= 0.6 is 0 Å². The maximum absolute atomic E-state index is 13.4. The van der Waals surface area contributed by atoms with Crippen molar-refractivity contribution in [1.82, 2.24) is 10.2 Å². The van der Waals surface area contributed by atoms with Crippen molar-refractivity contribution in [3.63, 3.8) is 0 Å². The number of carbonyl (C=O) groups is 2. The maximum Gasteiger partial charge on any atom is 0.255 e. The lowest BCUT2D eigenvalue weighted by Crippen LogP contribution is -2.39. The quantitative estimate of drug-likeness (QED) is 0.422. The SMILES string of the molecule is CCOc1ccc(CN2C(=O)c3ccccc3[C@@H]2C(=O)NCCc2ccc(OC)c(OC)c2)cc1OC. The summed E-state index contributed by atoms with van der Waals surface area (Å²) in [5.74, 6) is 2.10. The predicted octanol–water partition coefficient (Wildman–Crippen LogP) is 4.17. The second kappa shape index (κ2) is 11.7. The summed E-state index contributed by atoms with van der Waals surface area (Å²) in [7, 11) is 4.76. The Hall–Kier alpha value is -4.20. The molecule has 4 rings (SSSR count). The van der Waals surface area contributed by atoms with Gasteiger partial charge in [-0.05, 0) is 60.4 Å². The Kier molecular flexibility index (Phi) is 8.18. The van der Waals surface area contributed by atoms with Crippen LogP contribution in [0.25, 0.3) is 0 Å². The Morgan fingerprint density at radius 2 is 1.51 bits per heavy atom. The van der Waals surface area contributed by atoms with Crippen LogP contribution in [0.15, 0.2) is 60.7 Å². The first-order valence-corrected chi connectivity index (χ1v) is 12.2. The summed E-state index contributed by atoms with van der Waals surface area (Å²) in [6.07, 6.45) is 0.602. The number of hydrogen-bond donors (Lipinski definition) is 1. The fourth-order valence-electron chi connectivity index (χ4n) is 4.56. The zero-order valence-corrected chi connectivity index (χ0v) is 21.6.